The molecule has 0 spiro atoms. The van der Waals surface area contributed by atoms with Crippen LogP contribution >= 0.6 is 0 Å². The summed E-state index contributed by atoms with van der Waals surface area (Å²) in [5, 5.41) is 8.86. The number of carboxylic acids is 1. The van der Waals surface area contributed by atoms with Crippen LogP contribution in [0, 0.1) is 0 Å². The second-order valence-corrected chi connectivity index (χ2v) is 4.86. The SMILES string of the molecule is C[C@@H]1CCCCN1C(=O)CN(C)[C@@H](C)C(=O)O. The molecule has 0 aromatic heterocycles. The number of nitrogens with zero attached hydrogens (tertiary/aromatic N) is 2. The predicted octanol–water partition coefficient (Wildman–Crippen LogP) is 0.792. The van der Waals surface area contributed by atoms with E-state index in [1.807, 2.05) is 4.90 Å². The maximum absolute atomic E-state index is 12.0. The minimum absolute atomic E-state index is 0.0350. The van der Waals surface area contributed by atoms with Crippen molar-refractivity contribution in [1.29, 1.82) is 0 Å². The third-order valence-corrected chi connectivity index (χ3v) is 3.53. The van der Waals surface area contributed by atoms with Crippen LogP contribution in [0.15, 0.2) is 0 Å². The van der Waals surface area contributed by atoms with Gasteiger partial charge in [-0.3, -0.25) is 14.5 Å². The molecular weight excluding hydrogens is 220 g/mol. The summed E-state index contributed by atoms with van der Waals surface area (Å²) in [5.41, 5.74) is 0. The number of hydrogen-bond acceptors (Lipinski definition) is 3. The van der Waals surface area contributed by atoms with Gasteiger partial charge in [0, 0.05) is 12.6 Å². The zero-order valence-electron chi connectivity index (χ0n) is 10.8. The molecule has 2 atom stereocenters. The van der Waals surface area contributed by atoms with Gasteiger partial charge < -0.3 is 10.0 Å². The summed E-state index contributed by atoms with van der Waals surface area (Å²) in [7, 11) is 1.67. The van der Waals surface area contributed by atoms with Crippen LogP contribution in [-0.4, -0.2) is 59.0 Å². The van der Waals surface area contributed by atoms with Gasteiger partial charge in [-0.1, -0.05) is 0 Å². The number of hydrogen-bond donors (Lipinski definition) is 1. The fraction of sp³-hybridized carbons (Fsp3) is 0.833. The van der Waals surface area contributed by atoms with E-state index in [1.165, 1.54) is 6.42 Å². The number of rotatable bonds is 4. The lowest BCUT2D eigenvalue weighted by molar-refractivity contribution is -0.144. The van der Waals surface area contributed by atoms with E-state index in [1.54, 1.807) is 18.9 Å². The smallest absolute Gasteiger partial charge is 0.320 e. The van der Waals surface area contributed by atoms with Gasteiger partial charge >= 0.3 is 5.97 Å². The van der Waals surface area contributed by atoms with E-state index in [2.05, 4.69) is 6.92 Å². The Morgan fingerprint density at radius 3 is 2.65 bits per heavy atom. The van der Waals surface area contributed by atoms with E-state index < -0.39 is 12.0 Å². The van der Waals surface area contributed by atoms with Crippen molar-refractivity contribution in [1.82, 2.24) is 9.80 Å². The van der Waals surface area contributed by atoms with Gasteiger partial charge in [-0.25, -0.2) is 0 Å². The molecule has 0 saturated carbocycles. The molecule has 5 heteroatoms. The topological polar surface area (TPSA) is 60.9 Å². The average molecular weight is 242 g/mol. The molecule has 1 N–H and O–H groups in total. The first kappa shape index (κ1) is 14.0. The molecule has 98 valence electrons. The molecule has 0 aromatic carbocycles. The Bertz CT molecular complexity index is 293. The Kier molecular flexibility index (Phi) is 4.93. The first-order valence-electron chi connectivity index (χ1n) is 6.16. The summed E-state index contributed by atoms with van der Waals surface area (Å²) in [6.07, 6.45) is 3.27. The molecule has 17 heavy (non-hydrogen) atoms. The Morgan fingerprint density at radius 2 is 2.12 bits per heavy atom. The average Bonchev–Trinajstić information content (AvgIpc) is 2.28. The zero-order valence-corrected chi connectivity index (χ0v) is 10.8. The first-order chi connectivity index (χ1) is 7.93. The van der Waals surface area contributed by atoms with Gasteiger partial charge in [-0.05, 0) is 40.2 Å². The van der Waals surface area contributed by atoms with Gasteiger partial charge in [-0.15, -0.1) is 0 Å². The first-order valence-corrected chi connectivity index (χ1v) is 6.16. The lowest BCUT2D eigenvalue weighted by Crippen LogP contribution is -2.48. The highest BCUT2D eigenvalue weighted by atomic mass is 16.4. The molecular formula is C12H22N2O3. The molecule has 0 aliphatic carbocycles. The maximum atomic E-state index is 12.0. The molecule has 0 bridgehead atoms. The van der Waals surface area contributed by atoms with Crippen LogP contribution in [0.25, 0.3) is 0 Å². The fourth-order valence-corrected chi connectivity index (χ4v) is 2.10. The lowest BCUT2D eigenvalue weighted by atomic mass is 10.0. The van der Waals surface area contributed by atoms with Crippen LogP contribution < -0.4 is 0 Å². The number of piperidine rings is 1. The highest BCUT2D eigenvalue weighted by molar-refractivity contribution is 5.80. The highest BCUT2D eigenvalue weighted by Gasteiger charge is 2.26. The molecule has 0 unspecified atom stereocenters. The third kappa shape index (κ3) is 3.70. The van der Waals surface area contributed by atoms with E-state index in [0.29, 0.717) is 0 Å². The van der Waals surface area contributed by atoms with Crippen LogP contribution in [0.3, 0.4) is 0 Å². The zero-order chi connectivity index (χ0) is 13.0. The van der Waals surface area contributed by atoms with Crippen molar-refractivity contribution in [3.8, 4) is 0 Å². The molecule has 0 radical (unpaired) electrons. The highest BCUT2D eigenvalue weighted by Crippen LogP contribution is 2.16. The summed E-state index contributed by atoms with van der Waals surface area (Å²) in [5.74, 6) is -0.861. The molecule has 1 rings (SSSR count). The molecule has 1 amide bonds. The second kappa shape index (κ2) is 6.00. The molecule has 0 aromatic rings. The van der Waals surface area contributed by atoms with Crippen molar-refractivity contribution < 1.29 is 14.7 Å². The van der Waals surface area contributed by atoms with Crippen molar-refractivity contribution in [2.24, 2.45) is 0 Å². The standard InChI is InChI=1S/C12H22N2O3/c1-9-6-4-5-7-14(9)11(15)8-13(3)10(2)12(16)17/h9-10H,4-8H2,1-3H3,(H,16,17)/t9-,10+/m1/s1. The second-order valence-electron chi connectivity index (χ2n) is 4.86. The number of carboxylic acid groups (broad SMARTS) is 1. The van der Waals surface area contributed by atoms with Crippen LogP contribution in [0.5, 0.6) is 0 Å². The van der Waals surface area contributed by atoms with E-state index in [9.17, 15) is 9.59 Å². The van der Waals surface area contributed by atoms with Crippen molar-refractivity contribution >= 4 is 11.9 Å². The van der Waals surface area contributed by atoms with Crippen LogP contribution in [0.4, 0.5) is 0 Å². The van der Waals surface area contributed by atoms with E-state index >= 15 is 0 Å². The minimum atomic E-state index is -0.896. The Hall–Kier alpha value is -1.10. The Balaban J connectivity index is 2.50. The fourth-order valence-electron chi connectivity index (χ4n) is 2.10. The molecule has 1 fully saturated rings. The Morgan fingerprint density at radius 1 is 1.47 bits per heavy atom. The van der Waals surface area contributed by atoms with Crippen LogP contribution in [-0.2, 0) is 9.59 Å². The minimum Gasteiger partial charge on any atom is -0.480 e. The molecule has 1 heterocycles. The molecule has 1 aliphatic heterocycles. The summed E-state index contributed by atoms with van der Waals surface area (Å²) in [6.45, 7) is 4.63. The third-order valence-electron chi connectivity index (χ3n) is 3.53. The van der Waals surface area contributed by atoms with Crippen molar-refractivity contribution in [3.63, 3.8) is 0 Å². The number of likely N-dealkylation sites (tertiary alicyclic amines) is 1. The number of carbonyl (C=O) groups excluding carboxylic acids is 1. The van der Waals surface area contributed by atoms with Gasteiger partial charge in [0.15, 0.2) is 0 Å². The predicted molar refractivity (Wildman–Crippen MR) is 64.8 cm³/mol. The summed E-state index contributed by atoms with van der Waals surface area (Å²) >= 11 is 0. The van der Waals surface area contributed by atoms with Gasteiger partial charge in [0.2, 0.25) is 5.91 Å². The summed E-state index contributed by atoms with van der Waals surface area (Å²) in [6, 6.07) is -0.344. The summed E-state index contributed by atoms with van der Waals surface area (Å²) < 4.78 is 0. The lowest BCUT2D eigenvalue weighted by Gasteiger charge is -2.35. The van der Waals surface area contributed by atoms with Crippen molar-refractivity contribution in [2.45, 2.75) is 45.2 Å². The molecule has 5 nitrogen and oxygen atoms in total. The van der Waals surface area contributed by atoms with Crippen LogP contribution in [0.2, 0.25) is 0 Å². The van der Waals surface area contributed by atoms with Gasteiger partial charge in [0.25, 0.3) is 0 Å². The quantitative estimate of drug-likeness (QED) is 0.792. The monoisotopic (exact) mass is 242 g/mol. The van der Waals surface area contributed by atoms with Crippen LogP contribution in [0.1, 0.15) is 33.1 Å². The Labute approximate surface area is 102 Å². The number of carbonyl (C=O) groups is 2. The van der Waals surface area contributed by atoms with E-state index in [-0.39, 0.29) is 18.5 Å². The number of aliphatic carboxylic acids is 1. The normalized spacial score (nSPS) is 22.6. The maximum Gasteiger partial charge on any atom is 0.320 e. The van der Waals surface area contributed by atoms with Crippen molar-refractivity contribution in [2.75, 3.05) is 20.1 Å². The molecule has 1 aliphatic rings. The molecule has 1 saturated heterocycles. The largest absolute Gasteiger partial charge is 0.480 e. The van der Waals surface area contributed by atoms with Gasteiger partial charge in [-0.2, -0.15) is 0 Å². The summed E-state index contributed by atoms with van der Waals surface area (Å²) in [4.78, 5) is 26.3. The number of likely N-dealkylation sites (N-methyl/N-ethyl adjacent to an activating group) is 1. The van der Waals surface area contributed by atoms with E-state index in [0.717, 1.165) is 19.4 Å². The van der Waals surface area contributed by atoms with Gasteiger partial charge in [0.1, 0.15) is 6.04 Å². The van der Waals surface area contributed by atoms with Crippen molar-refractivity contribution in [3.05, 3.63) is 0 Å². The van der Waals surface area contributed by atoms with E-state index in [4.69, 9.17) is 5.11 Å². The van der Waals surface area contributed by atoms with Gasteiger partial charge in [0.05, 0.1) is 6.54 Å². The number of amides is 1.